The Morgan fingerprint density at radius 2 is 1.89 bits per heavy atom. The van der Waals surface area contributed by atoms with Gasteiger partial charge in [0.2, 0.25) is 0 Å². The van der Waals surface area contributed by atoms with E-state index in [1.165, 1.54) is 0 Å². The number of nitrogen functional groups attached to an aromatic ring is 1. The molecule has 2 N–H and O–H groups in total. The van der Waals surface area contributed by atoms with Gasteiger partial charge >= 0.3 is 0 Å². The average molecular weight is 268 g/mol. The molecule has 0 saturated carbocycles. The van der Waals surface area contributed by atoms with Gasteiger partial charge < -0.3 is 5.73 Å². The maximum Gasteiger partial charge on any atom is 0.0471 e. The van der Waals surface area contributed by atoms with Crippen LogP contribution < -0.4 is 5.73 Å². The van der Waals surface area contributed by atoms with E-state index in [-0.39, 0.29) is 0 Å². The third-order valence-electron chi connectivity index (χ3n) is 3.67. The standard InChI is InChI=1S/C14H22ClN3/c1-11(2)18-8-6-17(7-9-18)10-12-13(15)4-3-5-14(12)16/h3-5,11H,6-10,16H2,1-2H3. The Morgan fingerprint density at radius 3 is 2.44 bits per heavy atom. The van der Waals surface area contributed by atoms with Crippen LogP contribution in [0.15, 0.2) is 18.2 Å². The number of hydrogen-bond acceptors (Lipinski definition) is 3. The molecule has 0 atom stereocenters. The molecule has 0 aromatic heterocycles. The molecule has 0 bridgehead atoms. The fraction of sp³-hybridized carbons (Fsp3) is 0.571. The molecule has 18 heavy (non-hydrogen) atoms. The molecule has 3 nitrogen and oxygen atoms in total. The van der Waals surface area contributed by atoms with Crippen molar-refractivity contribution in [1.82, 2.24) is 9.80 Å². The second-order valence-electron chi connectivity index (χ2n) is 5.21. The molecule has 0 unspecified atom stereocenters. The van der Waals surface area contributed by atoms with Crippen LogP contribution in [0, 0.1) is 0 Å². The van der Waals surface area contributed by atoms with Crippen molar-refractivity contribution in [3.05, 3.63) is 28.8 Å². The molecule has 1 aliphatic rings. The van der Waals surface area contributed by atoms with E-state index in [9.17, 15) is 0 Å². The molecule has 4 heteroatoms. The molecule has 1 saturated heterocycles. The summed E-state index contributed by atoms with van der Waals surface area (Å²) in [4.78, 5) is 4.93. The quantitative estimate of drug-likeness (QED) is 0.854. The van der Waals surface area contributed by atoms with E-state index in [0.717, 1.165) is 49.0 Å². The predicted molar refractivity (Wildman–Crippen MR) is 77.9 cm³/mol. The van der Waals surface area contributed by atoms with E-state index in [1.807, 2.05) is 18.2 Å². The summed E-state index contributed by atoms with van der Waals surface area (Å²) in [6.45, 7) is 9.79. The first-order valence-corrected chi connectivity index (χ1v) is 6.95. The summed E-state index contributed by atoms with van der Waals surface area (Å²) in [5, 5.41) is 0.779. The summed E-state index contributed by atoms with van der Waals surface area (Å²) in [7, 11) is 0. The number of rotatable bonds is 3. The summed E-state index contributed by atoms with van der Waals surface area (Å²) in [5.41, 5.74) is 7.86. The lowest BCUT2D eigenvalue weighted by Crippen LogP contribution is -2.48. The first-order valence-electron chi connectivity index (χ1n) is 6.57. The average Bonchev–Trinajstić information content (AvgIpc) is 2.34. The van der Waals surface area contributed by atoms with E-state index >= 15 is 0 Å². The van der Waals surface area contributed by atoms with Gasteiger partial charge in [0.1, 0.15) is 0 Å². The highest BCUT2D eigenvalue weighted by atomic mass is 35.5. The first-order chi connectivity index (χ1) is 8.58. The Labute approximate surface area is 115 Å². The molecule has 0 radical (unpaired) electrons. The maximum atomic E-state index is 6.21. The van der Waals surface area contributed by atoms with Crippen molar-refractivity contribution >= 4 is 17.3 Å². The van der Waals surface area contributed by atoms with Gasteiger partial charge in [0, 0.05) is 55.0 Å². The topological polar surface area (TPSA) is 32.5 Å². The van der Waals surface area contributed by atoms with Gasteiger partial charge in [-0.15, -0.1) is 0 Å². The van der Waals surface area contributed by atoms with Crippen LogP contribution in [0.1, 0.15) is 19.4 Å². The zero-order valence-electron chi connectivity index (χ0n) is 11.2. The number of piperazine rings is 1. The molecule has 100 valence electrons. The number of halogens is 1. The van der Waals surface area contributed by atoms with Crippen molar-refractivity contribution in [2.45, 2.75) is 26.4 Å². The first kappa shape index (κ1) is 13.7. The number of nitrogens with two attached hydrogens (primary N) is 1. The van der Waals surface area contributed by atoms with E-state index in [4.69, 9.17) is 17.3 Å². The summed E-state index contributed by atoms with van der Waals surface area (Å²) in [5.74, 6) is 0. The molecule has 1 heterocycles. The highest BCUT2D eigenvalue weighted by molar-refractivity contribution is 6.31. The monoisotopic (exact) mass is 267 g/mol. The second kappa shape index (κ2) is 5.91. The van der Waals surface area contributed by atoms with Crippen molar-refractivity contribution in [2.24, 2.45) is 0 Å². The molecule has 1 aromatic carbocycles. The number of anilines is 1. The van der Waals surface area contributed by atoms with Crippen LogP contribution in [0.5, 0.6) is 0 Å². The van der Waals surface area contributed by atoms with Gasteiger partial charge in [-0.05, 0) is 26.0 Å². The van der Waals surface area contributed by atoms with Crippen molar-refractivity contribution in [3.8, 4) is 0 Å². The van der Waals surface area contributed by atoms with Crippen LogP contribution in [0.4, 0.5) is 5.69 Å². The van der Waals surface area contributed by atoms with Gasteiger partial charge in [-0.2, -0.15) is 0 Å². The van der Waals surface area contributed by atoms with Crippen molar-refractivity contribution in [2.75, 3.05) is 31.9 Å². The highest BCUT2D eigenvalue weighted by Gasteiger charge is 2.19. The van der Waals surface area contributed by atoms with Crippen molar-refractivity contribution in [3.63, 3.8) is 0 Å². The van der Waals surface area contributed by atoms with Crippen LogP contribution in [0.2, 0.25) is 5.02 Å². The largest absolute Gasteiger partial charge is 0.398 e. The fourth-order valence-electron chi connectivity index (χ4n) is 2.40. The molecule has 2 rings (SSSR count). The molecule has 1 aromatic rings. The Kier molecular flexibility index (Phi) is 4.49. The summed E-state index contributed by atoms with van der Waals surface area (Å²) in [6.07, 6.45) is 0. The minimum absolute atomic E-state index is 0.637. The Bertz CT molecular complexity index is 378. The van der Waals surface area contributed by atoms with Crippen molar-refractivity contribution < 1.29 is 0 Å². The lowest BCUT2D eigenvalue weighted by atomic mass is 10.1. The van der Waals surface area contributed by atoms with Crippen LogP contribution in [-0.2, 0) is 6.54 Å². The summed E-state index contributed by atoms with van der Waals surface area (Å²) >= 11 is 6.21. The van der Waals surface area contributed by atoms with Crippen LogP contribution in [0.3, 0.4) is 0 Å². The molecule has 0 amide bonds. The van der Waals surface area contributed by atoms with E-state index < -0.39 is 0 Å². The Hall–Kier alpha value is -0.770. The van der Waals surface area contributed by atoms with E-state index in [0.29, 0.717) is 6.04 Å². The van der Waals surface area contributed by atoms with Gasteiger partial charge in [0.05, 0.1) is 0 Å². The Balaban J connectivity index is 1.96. The molecule has 0 aliphatic carbocycles. The summed E-state index contributed by atoms with van der Waals surface area (Å²) < 4.78 is 0. The third-order valence-corrected chi connectivity index (χ3v) is 4.03. The molecule has 1 fully saturated rings. The van der Waals surface area contributed by atoms with Gasteiger partial charge in [0.25, 0.3) is 0 Å². The SMILES string of the molecule is CC(C)N1CCN(Cc2c(N)cccc2Cl)CC1. The fourth-order valence-corrected chi connectivity index (χ4v) is 2.65. The van der Waals surface area contributed by atoms with Gasteiger partial charge in [0.15, 0.2) is 0 Å². The van der Waals surface area contributed by atoms with E-state index in [1.54, 1.807) is 0 Å². The third kappa shape index (κ3) is 3.16. The second-order valence-corrected chi connectivity index (χ2v) is 5.62. The lowest BCUT2D eigenvalue weighted by Gasteiger charge is -2.37. The predicted octanol–water partition coefficient (Wildman–Crippen LogP) is 2.45. The zero-order valence-corrected chi connectivity index (χ0v) is 12.0. The van der Waals surface area contributed by atoms with Crippen LogP contribution in [0.25, 0.3) is 0 Å². The lowest BCUT2D eigenvalue weighted by molar-refractivity contribution is 0.104. The summed E-state index contributed by atoms with van der Waals surface area (Å²) in [6, 6.07) is 6.37. The van der Waals surface area contributed by atoms with Crippen LogP contribution in [-0.4, -0.2) is 42.0 Å². The minimum atomic E-state index is 0.637. The number of nitrogens with zero attached hydrogens (tertiary/aromatic N) is 2. The molecule has 1 aliphatic heterocycles. The van der Waals surface area contributed by atoms with E-state index in [2.05, 4.69) is 23.6 Å². The smallest absolute Gasteiger partial charge is 0.0471 e. The molecule has 0 spiro atoms. The minimum Gasteiger partial charge on any atom is -0.398 e. The van der Waals surface area contributed by atoms with Crippen molar-refractivity contribution in [1.29, 1.82) is 0 Å². The zero-order chi connectivity index (χ0) is 13.1. The number of benzene rings is 1. The maximum absolute atomic E-state index is 6.21. The molecular formula is C14H22ClN3. The van der Waals surface area contributed by atoms with Gasteiger partial charge in [-0.3, -0.25) is 9.80 Å². The normalized spacial score (nSPS) is 18.4. The van der Waals surface area contributed by atoms with Crippen LogP contribution >= 0.6 is 11.6 Å². The Morgan fingerprint density at radius 1 is 1.22 bits per heavy atom. The highest BCUT2D eigenvalue weighted by Crippen LogP contribution is 2.24. The van der Waals surface area contributed by atoms with Gasteiger partial charge in [-0.25, -0.2) is 0 Å². The molecular weight excluding hydrogens is 246 g/mol. The van der Waals surface area contributed by atoms with Gasteiger partial charge in [-0.1, -0.05) is 17.7 Å². The number of hydrogen-bond donors (Lipinski definition) is 1.